The third-order valence-electron chi connectivity index (χ3n) is 4.79. The SMILES string of the molecule is Cc1ccc(C(NC(=O)C2CCCCC2)c2nccn2C)cc1. The van der Waals surface area contributed by atoms with E-state index in [1.807, 2.05) is 17.8 Å². The maximum atomic E-state index is 12.7. The van der Waals surface area contributed by atoms with Crippen LogP contribution in [0, 0.1) is 12.8 Å². The highest BCUT2D eigenvalue weighted by Crippen LogP contribution is 2.26. The van der Waals surface area contributed by atoms with Gasteiger partial charge < -0.3 is 9.88 Å². The number of aryl methyl sites for hydroxylation is 2. The van der Waals surface area contributed by atoms with E-state index in [4.69, 9.17) is 0 Å². The van der Waals surface area contributed by atoms with Crippen LogP contribution in [0.25, 0.3) is 0 Å². The first-order chi connectivity index (χ1) is 11.1. The number of benzene rings is 1. The highest BCUT2D eigenvalue weighted by Gasteiger charge is 2.26. The van der Waals surface area contributed by atoms with Gasteiger partial charge in [0.25, 0.3) is 0 Å². The van der Waals surface area contributed by atoms with E-state index in [9.17, 15) is 4.79 Å². The van der Waals surface area contributed by atoms with E-state index in [1.54, 1.807) is 6.20 Å². The fourth-order valence-corrected chi connectivity index (χ4v) is 3.34. The van der Waals surface area contributed by atoms with E-state index < -0.39 is 0 Å². The van der Waals surface area contributed by atoms with Crippen LogP contribution in [0.5, 0.6) is 0 Å². The molecule has 1 unspecified atom stereocenters. The lowest BCUT2D eigenvalue weighted by atomic mass is 9.88. The lowest BCUT2D eigenvalue weighted by Gasteiger charge is -2.25. The summed E-state index contributed by atoms with van der Waals surface area (Å²) < 4.78 is 1.98. The van der Waals surface area contributed by atoms with Crippen LogP contribution in [0.1, 0.15) is 55.1 Å². The summed E-state index contributed by atoms with van der Waals surface area (Å²) in [5, 5.41) is 3.24. The van der Waals surface area contributed by atoms with Crippen LogP contribution >= 0.6 is 0 Å². The molecule has 0 radical (unpaired) electrons. The molecule has 1 heterocycles. The Morgan fingerprint density at radius 2 is 1.91 bits per heavy atom. The fourth-order valence-electron chi connectivity index (χ4n) is 3.34. The lowest BCUT2D eigenvalue weighted by Crippen LogP contribution is -2.36. The van der Waals surface area contributed by atoms with E-state index >= 15 is 0 Å². The molecule has 1 aliphatic rings. The number of carbonyl (C=O) groups is 1. The minimum atomic E-state index is -0.190. The molecule has 4 heteroatoms. The number of carbonyl (C=O) groups excluding carboxylic acids is 1. The number of imidazole rings is 1. The minimum Gasteiger partial charge on any atom is -0.342 e. The summed E-state index contributed by atoms with van der Waals surface area (Å²) in [6.07, 6.45) is 9.29. The van der Waals surface area contributed by atoms with E-state index in [-0.39, 0.29) is 17.9 Å². The largest absolute Gasteiger partial charge is 0.342 e. The highest BCUT2D eigenvalue weighted by molar-refractivity contribution is 5.79. The number of rotatable bonds is 4. The molecule has 1 aliphatic carbocycles. The molecule has 3 rings (SSSR count). The number of nitrogens with zero attached hydrogens (tertiary/aromatic N) is 2. The van der Waals surface area contributed by atoms with Crippen molar-refractivity contribution in [1.82, 2.24) is 14.9 Å². The number of aromatic nitrogens is 2. The van der Waals surface area contributed by atoms with Crippen LogP contribution in [-0.4, -0.2) is 15.5 Å². The first-order valence-electron chi connectivity index (χ1n) is 8.49. The normalized spacial score (nSPS) is 17.0. The Morgan fingerprint density at radius 3 is 2.52 bits per heavy atom. The molecule has 0 saturated heterocycles. The smallest absolute Gasteiger partial charge is 0.223 e. The summed E-state index contributed by atoms with van der Waals surface area (Å²) in [5.74, 6) is 1.19. The second kappa shape index (κ2) is 6.99. The van der Waals surface area contributed by atoms with Crippen LogP contribution < -0.4 is 5.32 Å². The zero-order valence-corrected chi connectivity index (χ0v) is 14.0. The third kappa shape index (κ3) is 3.63. The molecule has 1 fully saturated rings. The van der Waals surface area contributed by atoms with Gasteiger partial charge in [-0.1, -0.05) is 49.1 Å². The van der Waals surface area contributed by atoms with Gasteiger partial charge in [0.05, 0.1) is 0 Å². The number of amides is 1. The number of nitrogens with one attached hydrogen (secondary N) is 1. The van der Waals surface area contributed by atoms with Gasteiger partial charge in [0.1, 0.15) is 11.9 Å². The maximum absolute atomic E-state index is 12.7. The van der Waals surface area contributed by atoms with Gasteiger partial charge in [-0.25, -0.2) is 4.98 Å². The average Bonchev–Trinajstić information content (AvgIpc) is 3.00. The van der Waals surface area contributed by atoms with Gasteiger partial charge in [-0.3, -0.25) is 4.79 Å². The minimum absolute atomic E-state index is 0.150. The molecule has 1 saturated carbocycles. The van der Waals surface area contributed by atoms with E-state index in [1.165, 1.54) is 12.0 Å². The van der Waals surface area contributed by atoms with Crippen molar-refractivity contribution in [2.45, 2.75) is 45.1 Å². The van der Waals surface area contributed by atoms with Crippen molar-refractivity contribution in [1.29, 1.82) is 0 Å². The van der Waals surface area contributed by atoms with Gasteiger partial charge >= 0.3 is 0 Å². The van der Waals surface area contributed by atoms with Crippen molar-refractivity contribution in [3.8, 4) is 0 Å². The van der Waals surface area contributed by atoms with Crippen molar-refractivity contribution in [2.24, 2.45) is 13.0 Å². The predicted molar refractivity (Wildman–Crippen MR) is 90.9 cm³/mol. The molecular formula is C19H25N3O. The maximum Gasteiger partial charge on any atom is 0.223 e. The topological polar surface area (TPSA) is 46.9 Å². The van der Waals surface area contributed by atoms with Gasteiger partial charge in [-0.15, -0.1) is 0 Å². The van der Waals surface area contributed by atoms with Gasteiger partial charge in [0.15, 0.2) is 0 Å². The summed E-state index contributed by atoms with van der Waals surface area (Å²) >= 11 is 0. The third-order valence-corrected chi connectivity index (χ3v) is 4.79. The van der Waals surface area contributed by atoms with Crippen molar-refractivity contribution in [3.05, 3.63) is 53.6 Å². The Kier molecular flexibility index (Phi) is 4.79. The van der Waals surface area contributed by atoms with E-state index in [2.05, 4.69) is 41.5 Å². The molecule has 1 aromatic heterocycles. The molecule has 0 spiro atoms. The second-order valence-electron chi connectivity index (χ2n) is 6.58. The standard InChI is InChI=1S/C19H25N3O/c1-14-8-10-15(11-9-14)17(18-20-12-13-22(18)2)21-19(23)16-6-4-3-5-7-16/h8-13,16-17H,3-7H2,1-2H3,(H,21,23). The first-order valence-corrected chi connectivity index (χ1v) is 8.49. The first kappa shape index (κ1) is 15.8. The fraction of sp³-hybridized carbons (Fsp3) is 0.474. The lowest BCUT2D eigenvalue weighted by molar-refractivity contribution is -0.126. The molecule has 23 heavy (non-hydrogen) atoms. The Hall–Kier alpha value is -2.10. The van der Waals surface area contributed by atoms with Crippen LogP contribution in [-0.2, 0) is 11.8 Å². The molecule has 1 aromatic carbocycles. The van der Waals surface area contributed by atoms with Gasteiger partial charge in [-0.05, 0) is 25.3 Å². The molecule has 1 N–H and O–H groups in total. The zero-order valence-electron chi connectivity index (χ0n) is 14.0. The Morgan fingerprint density at radius 1 is 1.22 bits per heavy atom. The quantitative estimate of drug-likeness (QED) is 0.939. The van der Waals surface area contributed by atoms with Crippen LogP contribution in [0.3, 0.4) is 0 Å². The van der Waals surface area contributed by atoms with Crippen molar-refractivity contribution < 1.29 is 4.79 Å². The van der Waals surface area contributed by atoms with Crippen molar-refractivity contribution in [3.63, 3.8) is 0 Å². The molecule has 4 nitrogen and oxygen atoms in total. The Labute approximate surface area is 137 Å². The highest BCUT2D eigenvalue weighted by atomic mass is 16.1. The Bertz CT molecular complexity index is 654. The van der Waals surface area contributed by atoms with Crippen molar-refractivity contribution in [2.75, 3.05) is 0 Å². The number of hydrogen-bond acceptors (Lipinski definition) is 2. The summed E-state index contributed by atoms with van der Waals surface area (Å²) in [4.78, 5) is 17.2. The molecule has 0 bridgehead atoms. The summed E-state index contributed by atoms with van der Waals surface area (Å²) in [7, 11) is 1.97. The molecular weight excluding hydrogens is 286 g/mol. The summed E-state index contributed by atoms with van der Waals surface area (Å²) in [6.45, 7) is 2.07. The molecule has 0 aliphatic heterocycles. The average molecular weight is 311 g/mol. The van der Waals surface area contributed by atoms with E-state index in [0.717, 1.165) is 37.1 Å². The molecule has 1 amide bonds. The van der Waals surface area contributed by atoms with Gasteiger partial charge in [-0.2, -0.15) is 0 Å². The second-order valence-corrected chi connectivity index (χ2v) is 6.58. The van der Waals surface area contributed by atoms with Gasteiger partial charge in [0.2, 0.25) is 5.91 Å². The van der Waals surface area contributed by atoms with E-state index in [0.29, 0.717) is 0 Å². The van der Waals surface area contributed by atoms with Crippen molar-refractivity contribution >= 4 is 5.91 Å². The van der Waals surface area contributed by atoms with Crippen LogP contribution in [0.2, 0.25) is 0 Å². The zero-order chi connectivity index (χ0) is 16.2. The van der Waals surface area contributed by atoms with Gasteiger partial charge in [0, 0.05) is 25.4 Å². The monoisotopic (exact) mass is 311 g/mol. The molecule has 122 valence electrons. The summed E-state index contributed by atoms with van der Waals surface area (Å²) in [5.41, 5.74) is 2.29. The van der Waals surface area contributed by atoms with Crippen LogP contribution in [0.15, 0.2) is 36.7 Å². The molecule has 2 aromatic rings. The summed E-state index contributed by atoms with van der Waals surface area (Å²) in [6, 6.07) is 8.13. The molecule has 1 atom stereocenters. The number of hydrogen-bond donors (Lipinski definition) is 1. The Balaban J connectivity index is 1.84. The predicted octanol–water partition coefficient (Wildman–Crippen LogP) is 3.51. The van der Waals surface area contributed by atoms with Crippen LogP contribution in [0.4, 0.5) is 0 Å².